The van der Waals surface area contributed by atoms with E-state index in [4.69, 9.17) is 5.73 Å². The third-order valence-electron chi connectivity index (χ3n) is 1.44. The molecular formula is C8H16N2. The van der Waals surface area contributed by atoms with Crippen LogP contribution in [0.5, 0.6) is 0 Å². The van der Waals surface area contributed by atoms with Crippen LogP contribution in [0.1, 0.15) is 12.8 Å². The van der Waals surface area contributed by atoms with Gasteiger partial charge in [0.25, 0.3) is 0 Å². The normalized spacial score (nSPS) is 12.2. The van der Waals surface area contributed by atoms with Crippen LogP contribution in [0.15, 0.2) is 24.9 Å². The van der Waals surface area contributed by atoms with E-state index in [0.717, 1.165) is 18.5 Å². The van der Waals surface area contributed by atoms with Gasteiger partial charge >= 0.3 is 0 Å². The van der Waals surface area contributed by atoms with Crippen LogP contribution < -0.4 is 11.1 Å². The lowest BCUT2D eigenvalue weighted by Gasteiger charge is -2.06. The van der Waals surface area contributed by atoms with Crippen molar-refractivity contribution in [1.29, 1.82) is 0 Å². The van der Waals surface area contributed by atoms with Gasteiger partial charge < -0.3 is 11.1 Å². The van der Waals surface area contributed by atoms with Crippen LogP contribution in [0.3, 0.4) is 0 Å². The first-order valence-corrected chi connectivity index (χ1v) is 3.44. The zero-order chi connectivity index (χ0) is 7.98. The molecular weight excluding hydrogens is 124 g/mol. The molecule has 2 heteroatoms. The monoisotopic (exact) mass is 140 g/mol. The number of hydrogen-bond acceptors (Lipinski definition) is 2. The Morgan fingerprint density at radius 2 is 2.40 bits per heavy atom. The van der Waals surface area contributed by atoms with Gasteiger partial charge in [-0.25, -0.2) is 0 Å². The Balaban J connectivity index is 3.34. The number of hydrogen-bond donors (Lipinski definition) is 2. The second kappa shape index (κ2) is 5.06. The maximum atomic E-state index is 5.59. The van der Waals surface area contributed by atoms with E-state index in [-0.39, 0.29) is 6.04 Å². The summed E-state index contributed by atoms with van der Waals surface area (Å²) in [4.78, 5) is 0. The molecule has 0 fully saturated rings. The van der Waals surface area contributed by atoms with E-state index in [1.165, 1.54) is 0 Å². The maximum absolute atomic E-state index is 5.59. The van der Waals surface area contributed by atoms with Gasteiger partial charge in [-0.1, -0.05) is 12.7 Å². The first kappa shape index (κ1) is 9.24. The van der Waals surface area contributed by atoms with Crippen molar-refractivity contribution in [2.75, 3.05) is 7.05 Å². The van der Waals surface area contributed by atoms with Gasteiger partial charge in [0.2, 0.25) is 0 Å². The van der Waals surface area contributed by atoms with Crippen molar-refractivity contribution < 1.29 is 0 Å². The summed E-state index contributed by atoms with van der Waals surface area (Å²) < 4.78 is 0. The molecule has 3 N–H and O–H groups in total. The first-order valence-electron chi connectivity index (χ1n) is 3.44. The van der Waals surface area contributed by atoms with Gasteiger partial charge in [0.05, 0.1) is 0 Å². The Morgan fingerprint density at radius 3 is 2.80 bits per heavy atom. The van der Waals surface area contributed by atoms with E-state index in [0.29, 0.717) is 0 Å². The van der Waals surface area contributed by atoms with Crippen LogP contribution in [-0.4, -0.2) is 13.1 Å². The number of nitrogens with two attached hydrogens (primary N) is 1. The highest BCUT2D eigenvalue weighted by atomic mass is 14.8. The molecule has 0 saturated carbocycles. The third-order valence-corrected chi connectivity index (χ3v) is 1.44. The van der Waals surface area contributed by atoms with Crippen LogP contribution >= 0.6 is 0 Å². The molecule has 0 spiro atoms. The summed E-state index contributed by atoms with van der Waals surface area (Å²) in [6.07, 6.45) is 3.59. The van der Waals surface area contributed by atoms with Gasteiger partial charge in [0.15, 0.2) is 0 Å². The summed E-state index contributed by atoms with van der Waals surface area (Å²) >= 11 is 0. The largest absolute Gasteiger partial charge is 0.392 e. The maximum Gasteiger partial charge on any atom is 0.0224 e. The summed E-state index contributed by atoms with van der Waals surface area (Å²) in [7, 11) is 1.86. The molecule has 0 saturated heterocycles. The molecule has 1 unspecified atom stereocenters. The molecule has 0 heterocycles. The molecule has 0 amide bonds. The van der Waals surface area contributed by atoms with Gasteiger partial charge in [-0.2, -0.15) is 0 Å². The van der Waals surface area contributed by atoms with Gasteiger partial charge in [-0.05, 0) is 12.8 Å². The molecule has 0 aliphatic heterocycles. The lowest BCUT2D eigenvalue weighted by molar-refractivity contribution is 0.693. The van der Waals surface area contributed by atoms with Crippen LogP contribution in [0.2, 0.25) is 0 Å². The Kier molecular flexibility index (Phi) is 4.67. The molecule has 0 radical (unpaired) electrons. The Morgan fingerprint density at radius 1 is 1.80 bits per heavy atom. The molecule has 10 heavy (non-hydrogen) atoms. The minimum absolute atomic E-state index is 0.102. The first-order chi connectivity index (χ1) is 4.70. The smallest absolute Gasteiger partial charge is 0.0224 e. The number of allylic oxidation sites excluding steroid dienone is 1. The second-order valence-corrected chi connectivity index (χ2v) is 2.29. The van der Waals surface area contributed by atoms with Crippen LogP contribution in [0.25, 0.3) is 0 Å². The van der Waals surface area contributed by atoms with Crippen molar-refractivity contribution in [3.8, 4) is 0 Å². The Hall–Kier alpha value is -0.760. The van der Waals surface area contributed by atoms with Gasteiger partial charge in [-0.3, -0.25) is 0 Å². The second-order valence-electron chi connectivity index (χ2n) is 2.29. The van der Waals surface area contributed by atoms with Crippen molar-refractivity contribution in [1.82, 2.24) is 5.32 Å². The topological polar surface area (TPSA) is 38.0 Å². The average molecular weight is 140 g/mol. The van der Waals surface area contributed by atoms with Crippen molar-refractivity contribution in [2.45, 2.75) is 18.9 Å². The quantitative estimate of drug-likeness (QED) is 0.559. The predicted molar refractivity (Wildman–Crippen MR) is 45.6 cm³/mol. The fourth-order valence-electron chi connectivity index (χ4n) is 0.584. The molecule has 0 bridgehead atoms. The molecule has 0 aromatic heterocycles. The van der Waals surface area contributed by atoms with Crippen molar-refractivity contribution >= 4 is 0 Å². The molecule has 1 atom stereocenters. The zero-order valence-corrected chi connectivity index (χ0v) is 6.56. The molecule has 2 nitrogen and oxygen atoms in total. The van der Waals surface area contributed by atoms with Crippen LogP contribution in [-0.2, 0) is 0 Å². The van der Waals surface area contributed by atoms with E-state index in [1.54, 1.807) is 6.08 Å². The highest BCUT2D eigenvalue weighted by Gasteiger charge is 1.96. The molecule has 0 aromatic carbocycles. The van der Waals surface area contributed by atoms with E-state index in [2.05, 4.69) is 18.5 Å². The highest BCUT2D eigenvalue weighted by molar-refractivity contribution is 4.93. The summed E-state index contributed by atoms with van der Waals surface area (Å²) in [5.41, 5.74) is 6.61. The Labute approximate surface area is 62.8 Å². The molecule has 0 aliphatic rings. The molecule has 0 aliphatic carbocycles. The lowest BCUT2D eigenvalue weighted by Crippen LogP contribution is -2.17. The van der Waals surface area contributed by atoms with Gasteiger partial charge in [-0.15, -0.1) is 6.58 Å². The standard InChI is InChI=1S/C8H16N2/c1-4-8(9)6-5-7(2)10-3/h4,8,10H,1-2,5-6,9H2,3H3. The van der Waals surface area contributed by atoms with E-state index in [1.807, 2.05) is 7.05 Å². The van der Waals surface area contributed by atoms with E-state index < -0.39 is 0 Å². The summed E-state index contributed by atoms with van der Waals surface area (Å²) in [6.45, 7) is 7.37. The summed E-state index contributed by atoms with van der Waals surface area (Å²) in [5.74, 6) is 0. The number of rotatable bonds is 5. The average Bonchev–Trinajstić information content (AvgIpc) is 1.99. The molecule has 58 valence electrons. The van der Waals surface area contributed by atoms with Gasteiger partial charge in [0, 0.05) is 18.8 Å². The Bertz CT molecular complexity index is 118. The molecule has 0 rings (SSSR count). The highest BCUT2D eigenvalue weighted by Crippen LogP contribution is 2.00. The number of nitrogens with one attached hydrogen (secondary N) is 1. The minimum Gasteiger partial charge on any atom is -0.392 e. The summed E-state index contributed by atoms with van der Waals surface area (Å²) in [5, 5.41) is 2.96. The van der Waals surface area contributed by atoms with Crippen LogP contribution in [0, 0.1) is 0 Å². The fourth-order valence-corrected chi connectivity index (χ4v) is 0.584. The van der Waals surface area contributed by atoms with E-state index >= 15 is 0 Å². The minimum atomic E-state index is 0.102. The SMILES string of the molecule is C=CC(N)CCC(=C)NC. The summed E-state index contributed by atoms with van der Waals surface area (Å²) in [6, 6.07) is 0.102. The van der Waals surface area contributed by atoms with Gasteiger partial charge in [0.1, 0.15) is 0 Å². The zero-order valence-electron chi connectivity index (χ0n) is 6.56. The van der Waals surface area contributed by atoms with E-state index in [9.17, 15) is 0 Å². The van der Waals surface area contributed by atoms with Crippen LogP contribution in [0.4, 0.5) is 0 Å². The molecule has 0 aromatic rings. The van der Waals surface area contributed by atoms with Crippen molar-refractivity contribution in [3.05, 3.63) is 24.9 Å². The van der Waals surface area contributed by atoms with Crippen molar-refractivity contribution in [3.63, 3.8) is 0 Å². The fraction of sp³-hybridized carbons (Fsp3) is 0.500. The predicted octanol–water partition coefficient (Wildman–Crippen LogP) is 1.01. The van der Waals surface area contributed by atoms with Crippen molar-refractivity contribution in [2.24, 2.45) is 5.73 Å². The lowest BCUT2D eigenvalue weighted by atomic mass is 10.1. The third kappa shape index (κ3) is 4.15.